The van der Waals surface area contributed by atoms with Crippen LogP contribution in [0.4, 0.5) is 5.82 Å². The summed E-state index contributed by atoms with van der Waals surface area (Å²) in [4.78, 5) is 4.25. The zero-order valence-electron chi connectivity index (χ0n) is 10.2. The molecule has 1 aliphatic rings. The van der Waals surface area contributed by atoms with Crippen molar-refractivity contribution < 1.29 is 9.47 Å². The number of methoxy groups -OCH3 is 1. The third-order valence-corrected chi connectivity index (χ3v) is 3.04. The summed E-state index contributed by atoms with van der Waals surface area (Å²) in [6.07, 6.45) is 2.78. The summed E-state index contributed by atoms with van der Waals surface area (Å²) < 4.78 is 10.8. The van der Waals surface area contributed by atoms with Crippen molar-refractivity contribution >= 4 is 5.82 Å². The van der Waals surface area contributed by atoms with Gasteiger partial charge in [-0.25, -0.2) is 4.98 Å². The highest BCUT2D eigenvalue weighted by Gasteiger charge is 2.39. The van der Waals surface area contributed by atoms with E-state index in [9.17, 15) is 0 Å². The Balaban J connectivity index is 2.04. The predicted octanol–water partition coefficient (Wildman–Crippen LogP) is 1.01. The molecule has 0 amide bonds. The van der Waals surface area contributed by atoms with Crippen LogP contribution >= 0.6 is 0 Å². The van der Waals surface area contributed by atoms with Crippen LogP contribution in [0.5, 0.6) is 5.75 Å². The first-order chi connectivity index (χ1) is 8.26. The number of hydrogen-bond acceptors (Lipinski definition) is 5. The molecule has 1 aromatic rings. The van der Waals surface area contributed by atoms with Crippen molar-refractivity contribution in [3.63, 3.8) is 0 Å². The van der Waals surface area contributed by atoms with Crippen molar-refractivity contribution in [2.45, 2.75) is 31.5 Å². The molecule has 3 N–H and O–H groups in total. The molecule has 1 aromatic heterocycles. The second-order valence-corrected chi connectivity index (χ2v) is 4.12. The molecule has 1 fully saturated rings. The molecular weight excluding hydrogens is 218 g/mol. The first-order valence-corrected chi connectivity index (χ1v) is 5.89. The molecule has 0 saturated heterocycles. The second-order valence-electron chi connectivity index (χ2n) is 4.12. The Labute approximate surface area is 101 Å². The Morgan fingerprint density at radius 3 is 3.06 bits per heavy atom. The van der Waals surface area contributed by atoms with Crippen molar-refractivity contribution in [3.05, 3.63) is 18.3 Å². The van der Waals surface area contributed by atoms with Crippen LogP contribution in [0.1, 0.15) is 13.3 Å². The van der Waals surface area contributed by atoms with E-state index in [1.54, 1.807) is 13.3 Å². The van der Waals surface area contributed by atoms with Crippen molar-refractivity contribution in [1.82, 2.24) is 4.98 Å². The lowest BCUT2D eigenvalue weighted by atomic mass is 9.83. The van der Waals surface area contributed by atoms with E-state index in [1.165, 1.54) is 0 Å². The van der Waals surface area contributed by atoms with Crippen molar-refractivity contribution in [2.24, 2.45) is 5.73 Å². The third kappa shape index (κ3) is 2.50. The summed E-state index contributed by atoms with van der Waals surface area (Å²) in [7, 11) is 1.63. The van der Waals surface area contributed by atoms with Gasteiger partial charge >= 0.3 is 0 Å². The minimum absolute atomic E-state index is 0.110. The number of nitrogens with one attached hydrogen (secondary N) is 1. The molecule has 0 aromatic carbocycles. The van der Waals surface area contributed by atoms with E-state index in [0.29, 0.717) is 6.61 Å². The SMILES string of the molecule is CCOC1CC(N)C1Nc1ncccc1OC. The molecule has 94 valence electrons. The Hall–Kier alpha value is -1.33. The van der Waals surface area contributed by atoms with E-state index in [-0.39, 0.29) is 18.2 Å². The standard InChI is InChI=1S/C12H19N3O2/c1-3-17-10-7-8(13)11(10)15-12-9(16-2)5-4-6-14-12/h4-6,8,10-11H,3,7,13H2,1-2H3,(H,14,15). The van der Waals surface area contributed by atoms with Gasteiger partial charge in [0.25, 0.3) is 0 Å². The molecule has 1 heterocycles. The number of rotatable bonds is 5. The molecule has 5 nitrogen and oxygen atoms in total. The first-order valence-electron chi connectivity index (χ1n) is 5.89. The molecule has 0 radical (unpaired) electrons. The largest absolute Gasteiger partial charge is 0.493 e. The van der Waals surface area contributed by atoms with Gasteiger partial charge in [0, 0.05) is 18.8 Å². The molecule has 0 bridgehead atoms. The Kier molecular flexibility index (Phi) is 3.81. The van der Waals surface area contributed by atoms with Crippen molar-refractivity contribution in [1.29, 1.82) is 0 Å². The predicted molar refractivity (Wildman–Crippen MR) is 66.2 cm³/mol. The monoisotopic (exact) mass is 237 g/mol. The van der Waals surface area contributed by atoms with Gasteiger partial charge in [-0.3, -0.25) is 0 Å². The van der Waals surface area contributed by atoms with Crippen LogP contribution in [0.15, 0.2) is 18.3 Å². The number of nitrogens with two attached hydrogens (primary N) is 1. The lowest BCUT2D eigenvalue weighted by molar-refractivity contribution is -0.0127. The van der Waals surface area contributed by atoms with Gasteiger partial charge in [-0.1, -0.05) is 0 Å². The lowest BCUT2D eigenvalue weighted by Gasteiger charge is -2.42. The van der Waals surface area contributed by atoms with Gasteiger partial charge in [0.1, 0.15) is 0 Å². The molecule has 3 atom stereocenters. The van der Waals surface area contributed by atoms with Gasteiger partial charge in [0.05, 0.1) is 19.3 Å². The van der Waals surface area contributed by atoms with Gasteiger partial charge in [-0.05, 0) is 25.5 Å². The fraction of sp³-hybridized carbons (Fsp3) is 0.583. The van der Waals surface area contributed by atoms with Crippen molar-refractivity contribution in [2.75, 3.05) is 19.0 Å². The normalized spacial score (nSPS) is 27.4. The lowest BCUT2D eigenvalue weighted by Crippen LogP contribution is -2.60. The van der Waals surface area contributed by atoms with Crippen LogP contribution in [-0.2, 0) is 4.74 Å². The highest BCUT2D eigenvalue weighted by atomic mass is 16.5. The van der Waals surface area contributed by atoms with Crippen LogP contribution in [0.25, 0.3) is 0 Å². The van der Waals surface area contributed by atoms with Gasteiger partial charge in [-0.15, -0.1) is 0 Å². The van der Waals surface area contributed by atoms with Crippen molar-refractivity contribution in [3.8, 4) is 5.75 Å². The highest BCUT2D eigenvalue weighted by Crippen LogP contribution is 2.29. The second kappa shape index (κ2) is 5.33. The molecule has 0 spiro atoms. The molecule has 1 saturated carbocycles. The van der Waals surface area contributed by atoms with Gasteiger partial charge < -0.3 is 20.5 Å². The van der Waals surface area contributed by atoms with E-state index in [0.717, 1.165) is 18.0 Å². The zero-order chi connectivity index (χ0) is 12.3. The summed E-state index contributed by atoms with van der Waals surface area (Å²) in [6.45, 7) is 2.69. The number of nitrogens with zero attached hydrogens (tertiary/aromatic N) is 1. The van der Waals surface area contributed by atoms with Crippen LogP contribution in [0, 0.1) is 0 Å². The van der Waals surface area contributed by atoms with E-state index < -0.39 is 0 Å². The van der Waals surface area contributed by atoms with Gasteiger partial charge in [0.2, 0.25) is 0 Å². The molecule has 0 aliphatic heterocycles. The number of anilines is 1. The smallest absolute Gasteiger partial charge is 0.169 e. The number of aromatic nitrogens is 1. The average Bonchev–Trinajstić information content (AvgIpc) is 2.36. The fourth-order valence-corrected chi connectivity index (χ4v) is 2.05. The van der Waals surface area contributed by atoms with E-state index in [2.05, 4.69) is 10.3 Å². The maximum Gasteiger partial charge on any atom is 0.169 e. The molecule has 2 rings (SSSR count). The Bertz CT molecular complexity index is 371. The van der Waals surface area contributed by atoms with Crippen LogP contribution in [-0.4, -0.2) is 36.9 Å². The summed E-state index contributed by atoms with van der Waals surface area (Å²) >= 11 is 0. The topological polar surface area (TPSA) is 69.4 Å². The molecular formula is C12H19N3O2. The fourth-order valence-electron chi connectivity index (χ4n) is 2.05. The number of pyridine rings is 1. The summed E-state index contributed by atoms with van der Waals surface area (Å²) in [6, 6.07) is 3.93. The minimum Gasteiger partial charge on any atom is -0.493 e. The van der Waals surface area contributed by atoms with Crippen LogP contribution < -0.4 is 15.8 Å². The van der Waals surface area contributed by atoms with Crippen LogP contribution in [0.3, 0.4) is 0 Å². The Morgan fingerprint density at radius 1 is 1.59 bits per heavy atom. The number of ether oxygens (including phenoxy) is 2. The molecule has 17 heavy (non-hydrogen) atoms. The van der Waals surface area contributed by atoms with E-state index >= 15 is 0 Å². The molecule has 5 heteroatoms. The Morgan fingerprint density at radius 2 is 2.41 bits per heavy atom. The summed E-state index contributed by atoms with van der Waals surface area (Å²) in [5, 5.41) is 3.30. The minimum atomic E-state index is 0.110. The summed E-state index contributed by atoms with van der Waals surface area (Å²) in [5.41, 5.74) is 5.97. The maximum absolute atomic E-state index is 5.97. The molecule has 3 unspecified atom stereocenters. The van der Waals surface area contributed by atoms with Gasteiger partial charge in [-0.2, -0.15) is 0 Å². The molecule has 1 aliphatic carbocycles. The van der Waals surface area contributed by atoms with Gasteiger partial charge in [0.15, 0.2) is 11.6 Å². The van der Waals surface area contributed by atoms with Crippen LogP contribution in [0.2, 0.25) is 0 Å². The maximum atomic E-state index is 5.97. The zero-order valence-corrected chi connectivity index (χ0v) is 10.2. The van der Waals surface area contributed by atoms with E-state index in [1.807, 2.05) is 19.1 Å². The first kappa shape index (κ1) is 12.1. The van der Waals surface area contributed by atoms with E-state index in [4.69, 9.17) is 15.2 Å². The summed E-state index contributed by atoms with van der Waals surface area (Å²) in [5.74, 6) is 1.45. The number of hydrogen-bond donors (Lipinski definition) is 2. The quantitative estimate of drug-likeness (QED) is 0.799. The third-order valence-electron chi connectivity index (χ3n) is 3.04. The average molecular weight is 237 g/mol. The highest BCUT2D eigenvalue weighted by molar-refractivity contribution is 5.51.